The fourth-order valence-electron chi connectivity index (χ4n) is 5.88. The normalized spacial score (nSPS) is 22.8. The maximum Gasteiger partial charge on any atom is 0.326 e. The highest BCUT2D eigenvalue weighted by molar-refractivity contribution is 6.14. The van der Waals surface area contributed by atoms with Crippen LogP contribution in [0.15, 0.2) is 24.4 Å². The second kappa shape index (κ2) is 7.50. The summed E-state index contributed by atoms with van der Waals surface area (Å²) in [4.78, 5) is 33.4. The molecule has 3 aromatic heterocycles. The molecule has 0 spiro atoms. The zero-order chi connectivity index (χ0) is 24.7. The van der Waals surface area contributed by atoms with Crippen LogP contribution in [0.4, 0.5) is 15.9 Å². The summed E-state index contributed by atoms with van der Waals surface area (Å²) in [6.45, 7) is 2.07. The third kappa shape index (κ3) is 3.05. The minimum atomic E-state index is -0.346. The van der Waals surface area contributed by atoms with Crippen LogP contribution in [0.1, 0.15) is 22.5 Å². The monoisotopic (exact) mass is 488 g/mol. The van der Waals surface area contributed by atoms with Crippen molar-refractivity contribution in [2.75, 3.05) is 37.4 Å². The Labute approximate surface area is 205 Å². The largest absolute Gasteiger partial charge is 0.423 e. The Kier molecular flexibility index (Phi) is 4.44. The van der Waals surface area contributed by atoms with E-state index in [4.69, 9.17) is 15.5 Å². The lowest BCUT2D eigenvalue weighted by atomic mass is 9.72. The average molecular weight is 489 g/mol. The van der Waals surface area contributed by atoms with Crippen molar-refractivity contribution >= 4 is 39.3 Å². The molecule has 2 aliphatic heterocycles. The average Bonchev–Trinajstić information content (AvgIpc) is 3.49. The van der Waals surface area contributed by atoms with Gasteiger partial charge in [0.25, 0.3) is 5.91 Å². The van der Waals surface area contributed by atoms with Crippen molar-refractivity contribution in [3.8, 4) is 11.8 Å². The SMILES string of the molecule is CNc1cc(F)cc2c1[nH]c1nc(Oc3cnc4c(c3)C(=O)N(C)C4)nc(N3CC4C[C@@H](N)C4C3)c12. The van der Waals surface area contributed by atoms with Gasteiger partial charge in [-0.25, -0.2) is 4.39 Å². The van der Waals surface area contributed by atoms with Gasteiger partial charge >= 0.3 is 6.01 Å². The second-order valence-corrected chi connectivity index (χ2v) is 9.96. The number of rotatable bonds is 4. The summed E-state index contributed by atoms with van der Waals surface area (Å²) >= 11 is 0. The predicted octanol–water partition coefficient (Wildman–Crippen LogP) is 2.85. The lowest BCUT2D eigenvalue weighted by Crippen LogP contribution is -2.46. The Morgan fingerprint density at radius 1 is 1.25 bits per heavy atom. The van der Waals surface area contributed by atoms with Crippen molar-refractivity contribution in [2.45, 2.75) is 19.0 Å². The molecule has 0 bridgehead atoms. The number of ether oxygens (including phenoxy) is 1. The molecule has 5 heterocycles. The highest BCUT2D eigenvalue weighted by Crippen LogP contribution is 2.44. The first kappa shape index (κ1) is 21.3. The number of halogens is 1. The Morgan fingerprint density at radius 3 is 2.89 bits per heavy atom. The highest BCUT2D eigenvalue weighted by Gasteiger charge is 2.46. The van der Waals surface area contributed by atoms with E-state index in [9.17, 15) is 9.18 Å². The van der Waals surface area contributed by atoms with Gasteiger partial charge in [-0.3, -0.25) is 9.78 Å². The van der Waals surface area contributed by atoms with Gasteiger partial charge in [0, 0.05) is 38.6 Å². The number of carbonyl (C=O) groups excluding carboxylic acids is 1. The van der Waals surface area contributed by atoms with Gasteiger partial charge in [-0.1, -0.05) is 0 Å². The number of pyridine rings is 1. The van der Waals surface area contributed by atoms with Crippen molar-refractivity contribution in [1.82, 2.24) is 24.8 Å². The Morgan fingerprint density at radius 2 is 2.11 bits per heavy atom. The molecule has 1 aromatic carbocycles. The number of benzene rings is 1. The van der Waals surface area contributed by atoms with E-state index in [2.05, 4.69) is 25.2 Å². The third-order valence-electron chi connectivity index (χ3n) is 7.79. The number of hydrogen-bond acceptors (Lipinski definition) is 8. The summed E-state index contributed by atoms with van der Waals surface area (Å²) in [6, 6.07) is 4.94. The number of anilines is 2. The molecule has 11 heteroatoms. The topological polar surface area (TPSA) is 125 Å². The van der Waals surface area contributed by atoms with E-state index in [0.717, 1.165) is 30.4 Å². The molecule has 2 unspecified atom stereocenters. The van der Waals surface area contributed by atoms with E-state index >= 15 is 0 Å². The second-order valence-electron chi connectivity index (χ2n) is 9.96. The first-order valence-electron chi connectivity index (χ1n) is 12.0. The van der Waals surface area contributed by atoms with E-state index in [1.807, 2.05) is 0 Å². The Bertz CT molecular complexity index is 1570. The minimum Gasteiger partial charge on any atom is -0.423 e. The number of aromatic nitrogens is 4. The van der Waals surface area contributed by atoms with E-state index < -0.39 is 0 Å². The molecule has 1 saturated heterocycles. The molecule has 3 atom stereocenters. The van der Waals surface area contributed by atoms with Crippen LogP contribution in [0.5, 0.6) is 11.8 Å². The number of hydrogen-bond donors (Lipinski definition) is 3. The first-order chi connectivity index (χ1) is 17.4. The number of H-pyrrole nitrogens is 1. The van der Waals surface area contributed by atoms with Crippen LogP contribution in [0.25, 0.3) is 21.9 Å². The number of amides is 1. The van der Waals surface area contributed by atoms with Crippen LogP contribution in [-0.4, -0.2) is 64.0 Å². The quantitative estimate of drug-likeness (QED) is 0.401. The molecular formula is C25H25FN8O2. The first-order valence-corrected chi connectivity index (χ1v) is 12.0. The lowest BCUT2D eigenvalue weighted by molar-refractivity contribution is 0.0816. The number of aromatic amines is 1. The summed E-state index contributed by atoms with van der Waals surface area (Å²) in [7, 11) is 3.49. The lowest BCUT2D eigenvalue weighted by Gasteiger charge is -2.36. The van der Waals surface area contributed by atoms with Gasteiger partial charge < -0.3 is 30.6 Å². The molecule has 36 heavy (non-hydrogen) atoms. The van der Waals surface area contributed by atoms with Crippen molar-refractivity contribution in [2.24, 2.45) is 17.6 Å². The van der Waals surface area contributed by atoms with Gasteiger partial charge in [0.05, 0.1) is 40.6 Å². The Hall–Kier alpha value is -3.99. The molecule has 2 fully saturated rings. The highest BCUT2D eigenvalue weighted by atomic mass is 19.1. The van der Waals surface area contributed by atoms with Crippen molar-refractivity contribution in [3.63, 3.8) is 0 Å². The number of nitrogens with two attached hydrogens (primary N) is 1. The Balaban J connectivity index is 1.36. The van der Waals surface area contributed by atoms with Crippen molar-refractivity contribution < 1.29 is 13.9 Å². The van der Waals surface area contributed by atoms with Crippen LogP contribution < -0.4 is 20.7 Å². The van der Waals surface area contributed by atoms with Gasteiger partial charge in [-0.2, -0.15) is 9.97 Å². The molecule has 3 aliphatic rings. The molecule has 7 rings (SSSR count). The molecule has 4 aromatic rings. The third-order valence-corrected chi connectivity index (χ3v) is 7.79. The zero-order valence-electron chi connectivity index (χ0n) is 19.9. The molecule has 4 N–H and O–H groups in total. The van der Waals surface area contributed by atoms with Gasteiger partial charge in [0.15, 0.2) is 0 Å². The number of fused-ring (bicyclic) bond motifs is 5. The summed E-state index contributed by atoms with van der Waals surface area (Å²) in [6.07, 6.45) is 2.57. The smallest absolute Gasteiger partial charge is 0.326 e. The maximum absolute atomic E-state index is 14.5. The van der Waals surface area contributed by atoms with Crippen LogP contribution in [0, 0.1) is 17.7 Å². The minimum absolute atomic E-state index is 0.0962. The zero-order valence-corrected chi connectivity index (χ0v) is 19.9. The van der Waals surface area contributed by atoms with Gasteiger partial charge in [0.2, 0.25) is 0 Å². The van der Waals surface area contributed by atoms with Gasteiger partial charge in [-0.05, 0) is 36.5 Å². The summed E-state index contributed by atoms with van der Waals surface area (Å²) in [5.74, 6) is 1.55. The van der Waals surface area contributed by atoms with Crippen LogP contribution >= 0.6 is 0 Å². The van der Waals surface area contributed by atoms with E-state index in [0.29, 0.717) is 57.9 Å². The van der Waals surface area contributed by atoms with Crippen LogP contribution in [-0.2, 0) is 6.54 Å². The molecule has 0 radical (unpaired) electrons. The number of carbonyl (C=O) groups is 1. The fraction of sp³-hybridized carbons (Fsp3) is 0.360. The van der Waals surface area contributed by atoms with Crippen molar-refractivity contribution in [1.29, 1.82) is 0 Å². The molecular weight excluding hydrogens is 463 g/mol. The van der Waals surface area contributed by atoms with Crippen molar-refractivity contribution in [3.05, 3.63) is 41.5 Å². The van der Waals surface area contributed by atoms with Crippen LogP contribution in [0.2, 0.25) is 0 Å². The van der Waals surface area contributed by atoms with E-state index in [1.54, 1.807) is 31.3 Å². The fourth-order valence-corrected chi connectivity index (χ4v) is 5.88. The molecule has 1 saturated carbocycles. The standard InChI is InChI=1S/C25H25FN8O2/c1-28-18-5-12(26)4-15-20-22(30-21(15)18)31-25(32-23(20)34-8-11-3-17(27)16(11)9-34)36-13-6-14-19(29-7-13)10-33(2)24(14)35/h4-7,11,16-17,28H,3,8-10,27H2,1-2H3,(H,30,31,32)/t11?,16?,17-/m1/s1. The van der Waals surface area contributed by atoms with E-state index in [1.165, 1.54) is 12.1 Å². The van der Waals surface area contributed by atoms with Crippen LogP contribution in [0.3, 0.4) is 0 Å². The predicted molar refractivity (Wildman–Crippen MR) is 133 cm³/mol. The molecule has 10 nitrogen and oxygen atoms in total. The summed E-state index contributed by atoms with van der Waals surface area (Å²) < 4.78 is 20.6. The number of nitrogens with zero attached hydrogens (tertiary/aromatic N) is 5. The summed E-state index contributed by atoms with van der Waals surface area (Å²) in [5.41, 5.74) is 9.40. The maximum atomic E-state index is 14.5. The summed E-state index contributed by atoms with van der Waals surface area (Å²) in [5, 5.41) is 4.50. The van der Waals surface area contributed by atoms with Gasteiger partial charge in [0.1, 0.15) is 23.0 Å². The molecule has 1 aliphatic carbocycles. The molecule has 184 valence electrons. The van der Waals surface area contributed by atoms with E-state index in [-0.39, 0.29) is 23.8 Å². The molecule has 1 amide bonds. The number of nitrogens with one attached hydrogen (secondary N) is 2. The van der Waals surface area contributed by atoms with Gasteiger partial charge in [-0.15, -0.1) is 0 Å².